The van der Waals surface area contributed by atoms with Crippen molar-refractivity contribution in [1.82, 2.24) is 60.0 Å². The van der Waals surface area contributed by atoms with Crippen LogP contribution in [0.3, 0.4) is 0 Å². The van der Waals surface area contributed by atoms with E-state index in [1.165, 1.54) is 78.7 Å². The molecule has 0 aromatic rings. The Hall–Kier alpha value is -6.36. The molecule has 3 unspecified atom stereocenters. The van der Waals surface area contributed by atoms with Crippen LogP contribution in [0.4, 0.5) is 13.2 Å². The third-order valence-corrected chi connectivity index (χ3v) is 24.0. The number of ether oxygens (including phenoxy) is 2. The van der Waals surface area contributed by atoms with E-state index in [0.717, 1.165) is 66.1 Å². The second-order valence-corrected chi connectivity index (χ2v) is 32.0. The Morgan fingerprint density at radius 3 is 1.84 bits per heavy atom. The molecule has 1 spiro atoms. The van der Waals surface area contributed by atoms with Crippen LogP contribution in [-0.4, -0.2) is 289 Å². The molecule has 0 aromatic heterocycles. The molecule has 4 saturated carbocycles. The highest BCUT2D eigenvalue weighted by molar-refractivity contribution is 6.21. The summed E-state index contributed by atoms with van der Waals surface area (Å²) in [5.74, 6) is -11.1. The van der Waals surface area contributed by atoms with Gasteiger partial charge in [0, 0.05) is 87.4 Å². The predicted molar refractivity (Wildman–Crippen MR) is 382 cm³/mol. The lowest BCUT2D eigenvalue weighted by Gasteiger charge is -2.43. The van der Waals surface area contributed by atoms with Crippen LogP contribution in [0, 0.1) is 35.5 Å². The maximum absolute atomic E-state index is 15.9. The normalized spacial score (nSPS) is 30.1. The maximum atomic E-state index is 15.9. The van der Waals surface area contributed by atoms with Crippen molar-refractivity contribution in [1.29, 1.82) is 0 Å². The van der Waals surface area contributed by atoms with Crippen molar-refractivity contribution in [2.75, 3.05) is 108 Å². The van der Waals surface area contributed by atoms with Gasteiger partial charge in [-0.25, -0.2) is 0 Å². The lowest BCUT2D eigenvalue weighted by atomic mass is 9.78. The van der Waals surface area contributed by atoms with Gasteiger partial charge in [-0.1, -0.05) is 98.3 Å². The number of hydrogen-bond donors (Lipinski definition) is 3. The van der Waals surface area contributed by atoms with E-state index >= 15 is 28.8 Å². The summed E-state index contributed by atoms with van der Waals surface area (Å²) in [7, 11) is 9.99. The molecule has 3 heterocycles. The first-order valence-electron chi connectivity index (χ1n) is 38.3. The van der Waals surface area contributed by atoms with Crippen molar-refractivity contribution in [3.05, 3.63) is 0 Å². The topological polar surface area (TPSA) is 289 Å². The Kier molecular flexibility index (Phi) is 31.4. The molecule has 26 nitrogen and oxygen atoms in total. The maximum Gasteiger partial charge on any atom is 0.393 e. The van der Waals surface area contributed by atoms with Gasteiger partial charge in [0.25, 0.3) is 0 Å². The van der Waals surface area contributed by atoms with Crippen LogP contribution in [0.15, 0.2) is 0 Å². The number of amides is 12. The van der Waals surface area contributed by atoms with Crippen LogP contribution in [0.1, 0.15) is 189 Å². The summed E-state index contributed by atoms with van der Waals surface area (Å²) in [6.45, 7) is 8.14. The lowest BCUT2D eigenvalue weighted by molar-refractivity contribution is -0.182. The summed E-state index contributed by atoms with van der Waals surface area (Å²) in [6.07, 6.45) is 3.79. The summed E-state index contributed by atoms with van der Waals surface area (Å²) in [4.78, 5) is 192. The zero-order chi connectivity index (χ0) is 76.7. The molecular weight excluding hydrogens is 1370 g/mol. The molecule has 7 rings (SSSR count). The first kappa shape index (κ1) is 84.9. The van der Waals surface area contributed by atoms with E-state index in [1.54, 1.807) is 13.8 Å². The zero-order valence-electron chi connectivity index (χ0n) is 63.7. The molecule has 4 aliphatic carbocycles. The van der Waals surface area contributed by atoms with Gasteiger partial charge < -0.3 is 69.5 Å². The largest absolute Gasteiger partial charge is 0.393 e. The Bertz CT molecular complexity index is 3000. The molecule has 3 aliphatic heterocycles. The lowest BCUT2D eigenvalue weighted by Crippen LogP contribution is -2.65. The fourth-order valence-electron chi connectivity index (χ4n) is 16.8. The molecule has 7 fully saturated rings. The van der Waals surface area contributed by atoms with Gasteiger partial charge in [-0.3, -0.25) is 57.5 Å². The molecule has 3 N–H and O–H groups in total. The fourth-order valence-corrected chi connectivity index (χ4v) is 17.4. The SMILES string of the molecule is CCO[C@@H]1C[C@H]2C(=O)NC3(CCCC3)C(=O)N(C)[C@@H](C3CCCCC3)C(=O)N(C)[C@H](C(=O)N3CCOCC3)CC(=O)N(C)[C@@H](CC(C)C)C(=O)N[C@@H]([C@@H](C)CC)C(=O)N(C)CC(=O)N(C)CC(=O)N(C)[C@@H](CC3CCCCC3)C(=O)N(C)CC(=O)N[C@@H](CCC3CCC(C(F)(F)F)C(Cl)C3)C(=O)N2C1. The molecule has 3 saturated heterocycles. The number of fused-ring (bicyclic) bond motifs is 1. The molecule has 12 atom stereocenters. The number of carbonyl (C=O) groups is 12. The highest BCUT2D eigenvalue weighted by Crippen LogP contribution is 2.44. The number of hydrogen-bond acceptors (Lipinski definition) is 14. The summed E-state index contributed by atoms with van der Waals surface area (Å²) in [5, 5.41) is 7.61. The number of nitrogens with zero attached hydrogens (tertiary/aromatic N) is 9. The Morgan fingerprint density at radius 1 is 0.635 bits per heavy atom. The van der Waals surface area contributed by atoms with Gasteiger partial charge in [-0.05, 0) is 107 Å². The molecule has 588 valence electrons. The van der Waals surface area contributed by atoms with Gasteiger partial charge in [-0.2, -0.15) is 13.2 Å². The smallest absolute Gasteiger partial charge is 0.378 e. The van der Waals surface area contributed by atoms with Crippen molar-refractivity contribution in [3.63, 3.8) is 0 Å². The van der Waals surface area contributed by atoms with Crippen molar-refractivity contribution in [2.45, 2.75) is 254 Å². The highest BCUT2D eigenvalue weighted by atomic mass is 35.5. The van der Waals surface area contributed by atoms with Gasteiger partial charge in [0.1, 0.15) is 47.8 Å². The molecule has 0 radical (unpaired) electrons. The average molecular weight is 1490 g/mol. The van der Waals surface area contributed by atoms with Gasteiger partial charge in [0.05, 0.1) is 51.3 Å². The average Bonchev–Trinajstić information content (AvgIpc) is 1.50. The molecule has 104 heavy (non-hydrogen) atoms. The predicted octanol–water partition coefficient (Wildman–Crippen LogP) is 5.35. The van der Waals surface area contributed by atoms with Crippen LogP contribution >= 0.6 is 11.6 Å². The van der Waals surface area contributed by atoms with Crippen molar-refractivity contribution in [2.24, 2.45) is 35.5 Å². The van der Waals surface area contributed by atoms with Crippen LogP contribution in [0.5, 0.6) is 0 Å². The quantitative estimate of drug-likeness (QED) is 0.196. The van der Waals surface area contributed by atoms with Crippen molar-refractivity contribution >= 4 is 82.5 Å². The molecule has 12 amide bonds. The van der Waals surface area contributed by atoms with Gasteiger partial charge >= 0.3 is 6.18 Å². The number of nitrogens with one attached hydrogen (secondary N) is 3. The minimum atomic E-state index is -4.53. The minimum absolute atomic E-state index is 0.0169. The Labute approximate surface area is 618 Å². The Balaban J connectivity index is 1.30. The van der Waals surface area contributed by atoms with E-state index in [0.29, 0.717) is 32.1 Å². The first-order chi connectivity index (χ1) is 49.1. The number of carbonyl (C=O) groups excluding carboxylic acids is 12. The summed E-state index contributed by atoms with van der Waals surface area (Å²) in [5.41, 5.74) is -1.62. The minimum Gasteiger partial charge on any atom is -0.378 e. The number of morpholine rings is 1. The number of rotatable bonds is 13. The van der Waals surface area contributed by atoms with E-state index in [1.807, 2.05) is 20.8 Å². The second kappa shape index (κ2) is 38.4. The van der Waals surface area contributed by atoms with Crippen LogP contribution in [0.25, 0.3) is 0 Å². The van der Waals surface area contributed by atoms with Crippen LogP contribution in [0.2, 0.25) is 0 Å². The molecule has 0 bridgehead atoms. The molecule has 30 heteroatoms. The summed E-state index contributed by atoms with van der Waals surface area (Å²) >= 11 is 6.44. The highest BCUT2D eigenvalue weighted by Gasteiger charge is 2.53. The van der Waals surface area contributed by atoms with E-state index in [2.05, 4.69) is 16.0 Å². The fraction of sp³-hybridized carbons (Fsp3) is 0.838. The van der Waals surface area contributed by atoms with Crippen LogP contribution in [-0.2, 0) is 67.0 Å². The van der Waals surface area contributed by atoms with Gasteiger partial charge in [0.15, 0.2) is 0 Å². The van der Waals surface area contributed by atoms with E-state index in [-0.39, 0.29) is 115 Å². The Morgan fingerprint density at radius 2 is 1.24 bits per heavy atom. The van der Waals surface area contributed by atoms with Gasteiger partial charge in [-0.15, -0.1) is 11.6 Å². The summed E-state index contributed by atoms with van der Waals surface area (Å²) in [6, 6.07) is -8.93. The second-order valence-electron chi connectivity index (χ2n) is 31.4. The van der Waals surface area contributed by atoms with Gasteiger partial charge in [0.2, 0.25) is 70.9 Å². The monoisotopic (exact) mass is 1490 g/mol. The van der Waals surface area contributed by atoms with E-state index in [9.17, 15) is 41.9 Å². The van der Waals surface area contributed by atoms with Crippen molar-refractivity contribution < 1.29 is 80.2 Å². The number of likely N-dealkylation sites (N-methyl/N-ethyl adjacent to an activating group) is 7. The third-order valence-electron chi connectivity index (χ3n) is 23.5. The number of alkyl halides is 4. The van der Waals surface area contributed by atoms with E-state index < -0.39 is 186 Å². The summed E-state index contributed by atoms with van der Waals surface area (Å²) < 4.78 is 54.0. The van der Waals surface area contributed by atoms with Crippen LogP contribution < -0.4 is 16.0 Å². The van der Waals surface area contributed by atoms with Crippen molar-refractivity contribution in [3.8, 4) is 0 Å². The molecule has 0 aromatic carbocycles. The van der Waals surface area contributed by atoms with E-state index in [4.69, 9.17) is 21.1 Å². The molecular formula is C74H120ClF3N12O14. The zero-order valence-corrected chi connectivity index (χ0v) is 64.5. The number of halogens is 4. The molecule has 7 aliphatic rings. The first-order valence-corrected chi connectivity index (χ1v) is 38.8. The standard InChI is InChI=1S/C74H120ClF3N12O14/c1-13-47(5)63-70(100)84(8)44-61(93)82(6)45-62(94)86(10)57(39-48-23-17-15-18-24-48)68(98)83(7)43-59(91)79-54(30-28-49-27-29-52(53(75)38-49)74(76,77)78)67(97)90-42-51(104-14-2)40-56(90)66(96)81-73(31-21-22-32-73)72(102)88(12)64(50-25-19-16-20-26-50)71(101)87(11)58(69(99)89-33-35-103-36-34-89)41-60(92)85(9)55(37-46(3)4)65(95)80-63/h46-58,63-64H,13-45H2,1-12H3,(H,79,91)(H,80,95)(H,81,96)/t47-,49?,51+,52?,53?,54-,55-,56-,57-,58-,63-,64-/m0/s1. The third kappa shape index (κ3) is 21.7.